The molecule has 4 heteroatoms. The number of phenolic OH excluding ortho intramolecular Hbond substituents is 1. The third kappa shape index (κ3) is 3.30. The molecule has 2 aromatic rings. The molecule has 0 spiro atoms. The normalized spacial score (nSPS) is 20.6. The maximum absolute atomic E-state index is 11.3. The van der Waals surface area contributed by atoms with Gasteiger partial charge in [0.1, 0.15) is 5.75 Å². The number of aromatic hydroxyl groups is 1. The molecule has 2 aliphatic rings. The second kappa shape index (κ2) is 7.28. The van der Waals surface area contributed by atoms with Crippen molar-refractivity contribution >= 4 is 22.7 Å². The number of hydrogen-bond acceptors (Lipinski definition) is 4. The molecule has 0 aliphatic carbocycles. The molecule has 2 aromatic carbocycles. The molecule has 0 amide bonds. The topological polar surface area (TPSA) is 43.8 Å². The third-order valence-corrected chi connectivity index (χ3v) is 6.30. The maximum Gasteiger partial charge on any atom is 0.154 e. The summed E-state index contributed by atoms with van der Waals surface area (Å²) in [7, 11) is 0. The van der Waals surface area contributed by atoms with Gasteiger partial charge in [0.15, 0.2) is 6.29 Å². The first-order valence-electron chi connectivity index (χ1n) is 9.85. The Kier molecular flexibility index (Phi) is 4.86. The zero-order valence-electron chi connectivity index (χ0n) is 15.5. The first-order valence-corrected chi connectivity index (χ1v) is 9.85. The summed E-state index contributed by atoms with van der Waals surface area (Å²) in [4.78, 5) is 16.4. The van der Waals surface area contributed by atoms with Crippen molar-refractivity contribution < 1.29 is 9.90 Å². The van der Waals surface area contributed by atoms with Crippen molar-refractivity contribution in [3.05, 3.63) is 35.9 Å². The van der Waals surface area contributed by atoms with Gasteiger partial charge in [0.05, 0.1) is 5.56 Å². The van der Waals surface area contributed by atoms with Crippen molar-refractivity contribution in [1.82, 2.24) is 4.90 Å². The molecule has 2 heterocycles. The van der Waals surface area contributed by atoms with Crippen LogP contribution in [0.15, 0.2) is 30.3 Å². The lowest BCUT2D eigenvalue weighted by Gasteiger charge is -2.42. The van der Waals surface area contributed by atoms with Crippen LogP contribution >= 0.6 is 0 Å². The molecule has 0 aromatic heterocycles. The Bertz CT molecular complexity index is 788. The highest BCUT2D eigenvalue weighted by molar-refractivity contribution is 6.01. The lowest BCUT2D eigenvalue weighted by atomic mass is 9.94. The number of hydrogen-bond donors (Lipinski definition) is 1. The Hall–Kier alpha value is -2.07. The van der Waals surface area contributed by atoms with Crippen LogP contribution in [0.5, 0.6) is 5.75 Å². The first kappa shape index (κ1) is 17.3. The molecule has 4 rings (SSSR count). The van der Waals surface area contributed by atoms with Gasteiger partial charge in [0.25, 0.3) is 0 Å². The predicted octanol–water partition coefficient (Wildman–Crippen LogP) is 4.06. The van der Waals surface area contributed by atoms with Gasteiger partial charge < -0.3 is 14.9 Å². The molecule has 4 nitrogen and oxygen atoms in total. The van der Waals surface area contributed by atoms with Crippen LogP contribution < -0.4 is 4.90 Å². The van der Waals surface area contributed by atoms with Gasteiger partial charge in [-0.3, -0.25) is 4.79 Å². The summed E-state index contributed by atoms with van der Waals surface area (Å²) in [6.07, 6.45) is 5.87. The van der Waals surface area contributed by atoms with E-state index in [2.05, 4.69) is 28.9 Å². The average molecular weight is 352 g/mol. The van der Waals surface area contributed by atoms with Crippen molar-refractivity contribution in [2.75, 3.05) is 31.1 Å². The molecular formula is C22H28N2O2. The van der Waals surface area contributed by atoms with E-state index in [4.69, 9.17) is 0 Å². The number of anilines is 1. The number of piperidine rings is 2. The van der Waals surface area contributed by atoms with Crippen LogP contribution in [0.2, 0.25) is 0 Å². The van der Waals surface area contributed by atoms with Crippen LogP contribution in [0.4, 0.5) is 5.69 Å². The molecule has 26 heavy (non-hydrogen) atoms. The van der Waals surface area contributed by atoms with Crippen LogP contribution in [0.3, 0.4) is 0 Å². The number of carbonyl (C=O) groups is 1. The minimum atomic E-state index is 0.0527. The number of rotatable bonds is 3. The fourth-order valence-corrected chi connectivity index (χ4v) is 4.53. The van der Waals surface area contributed by atoms with Crippen LogP contribution in [-0.2, 0) is 0 Å². The van der Waals surface area contributed by atoms with Gasteiger partial charge in [-0.15, -0.1) is 0 Å². The van der Waals surface area contributed by atoms with E-state index in [0.29, 0.717) is 5.56 Å². The number of likely N-dealkylation sites (tertiary alicyclic amines) is 1. The summed E-state index contributed by atoms with van der Waals surface area (Å²) in [6.45, 7) is 7.07. The van der Waals surface area contributed by atoms with Crippen LogP contribution in [0.25, 0.3) is 10.8 Å². The van der Waals surface area contributed by atoms with Gasteiger partial charge in [-0.25, -0.2) is 0 Å². The van der Waals surface area contributed by atoms with E-state index >= 15 is 0 Å². The molecule has 2 fully saturated rings. The zero-order chi connectivity index (χ0) is 18.1. The SMILES string of the molecule is CC1CCN(C2CCN(c3ccc4c(C=O)c(O)ccc4c3)CC2)CC1. The van der Waals surface area contributed by atoms with E-state index in [-0.39, 0.29) is 5.75 Å². The smallest absolute Gasteiger partial charge is 0.154 e. The number of carbonyl (C=O) groups excluding carboxylic acids is 1. The van der Waals surface area contributed by atoms with Gasteiger partial charge in [-0.2, -0.15) is 0 Å². The van der Waals surface area contributed by atoms with Crippen molar-refractivity contribution in [3.63, 3.8) is 0 Å². The van der Waals surface area contributed by atoms with E-state index < -0.39 is 0 Å². The summed E-state index contributed by atoms with van der Waals surface area (Å²) >= 11 is 0. The fraction of sp³-hybridized carbons (Fsp3) is 0.500. The molecule has 0 radical (unpaired) electrons. The minimum absolute atomic E-state index is 0.0527. The largest absolute Gasteiger partial charge is 0.507 e. The van der Waals surface area contributed by atoms with E-state index in [1.165, 1.54) is 44.5 Å². The van der Waals surface area contributed by atoms with Crippen molar-refractivity contribution in [1.29, 1.82) is 0 Å². The Morgan fingerprint density at radius 2 is 1.73 bits per heavy atom. The maximum atomic E-state index is 11.3. The number of benzene rings is 2. The molecular weight excluding hydrogens is 324 g/mol. The highest BCUT2D eigenvalue weighted by atomic mass is 16.3. The molecule has 2 saturated heterocycles. The highest BCUT2D eigenvalue weighted by Crippen LogP contribution is 2.31. The first-order chi connectivity index (χ1) is 12.7. The minimum Gasteiger partial charge on any atom is -0.507 e. The third-order valence-electron chi connectivity index (χ3n) is 6.30. The van der Waals surface area contributed by atoms with E-state index in [1.54, 1.807) is 6.07 Å². The average Bonchev–Trinajstić information content (AvgIpc) is 2.68. The summed E-state index contributed by atoms with van der Waals surface area (Å²) in [5, 5.41) is 11.7. The van der Waals surface area contributed by atoms with Crippen LogP contribution in [0.1, 0.15) is 43.0 Å². The second-order valence-electron chi connectivity index (χ2n) is 7.96. The highest BCUT2D eigenvalue weighted by Gasteiger charge is 2.27. The molecule has 0 unspecified atom stereocenters. The van der Waals surface area contributed by atoms with Crippen molar-refractivity contribution in [2.24, 2.45) is 5.92 Å². The van der Waals surface area contributed by atoms with Crippen molar-refractivity contribution in [2.45, 2.75) is 38.6 Å². The monoisotopic (exact) mass is 352 g/mol. The molecule has 2 aliphatic heterocycles. The van der Waals surface area contributed by atoms with Crippen LogP contribution in [-0.4, -0.2) is 48.5 Å². The Morgan fingerprint density at radius 1 is 1.00 bits per heavy atom. The number of phenols is 1. The van der Waals surface area contributed by atoms with Gasteiger partial charge in [0, 0.05) is 24.8 Å². The van der Waals surface area contributed by atoms with E-state index in [9.17, 15) is 9.90 Å². The molecule has 1 N–H and O–H groups in total. The zero-order valence-corrected chi connectivity index (χ0v) is 15.5. The lowest BCUT2D eigenvalue weighted by molar-refractivity contribution is 0.112. The molecule has 0 atom stereocenters. The molecule has 0 saturated carbocycles. The van der Waals surface area contributed by atoms with Gasteiger partial charge >= 0.3 is 0 Å². The lowest BCUT2D eigenvalue weighted by Crippen LogP contribution is -2.47. The Balaban J connectivity index is 1.46. The molecule has 0 bridgehead atoms. The predicted molar refractivity (Wildman–Crippen MR) is 106 cm³/mol. The van der Waals surface area contributed by atoms with E-state index in [0.717, 1.165) is 42.1 Å². The number of aldehydes is 1. The van der Waals surface area contributed by atoms with Gasteiger partial charge in [-0.1, -0.05) is 19.1 Å². The van der Waals surface area contributed by atoms with Gasteiger partial charge in [-0.05, 0) is 73.7 Å². The fourth-order valence-electron chi connectivity index (χ4n) is 4.53. The summed E-state index contributed by atoms with van der Waals surface area (Å²) < 4.78 is 0. The Morgan fingerprint density at radius 3 is 2.42 bits per heavy atom. The summed E-state index contributed by atoms with van der Waals surface area (Å²) in [5.41, 5.74) is 1.60. The quantitative estimate of drug-likeness (QED) is 0.846. The van der Waals surface area contributed by atoms with E-state index in [1.807, 2.05) is 12.1 Å². The number of nitrogens with zero attached hydrogens (tertiary/aromatic N) is 2. The number of fused-ring (bicyclic) bond motifs is 1. The standard InChI is InChI=1S/C22H28N2O2/c1-16-6-10-23(11-7-16)18-8-12-24(13-9-18)19-3-4-20-17(14-19)2-5-22(26)21(20)15-25/h2-5,14-16,18,26H,6-13H2,1H3. The van der Waals surface area contributed by atoms with Crippen LogP contribution in [0, 0.1) is 5.92 Å². The second-order valence-corrected chi connectivity index (χ2v) is 7.96. The van der Waals surface area contributed by atoms with Crippen molar-refractivity contribution in [3.8, 4) is 5.75 Å². The molecule has 138 valence electrons. The van der Waals surface area contributed by atoms with Gasteiger partial charge in [0.2, 0.25) is 0 Å². The summed E-state index contributed by atoms with van der Waals surface area (Å²) in [6, 6.07) is 10.4. The Labute approximate surface area is 155 Å². The summed E-state index contributed by atoms with van der Waals surface area (Å²) in [5.74, 6) is 0.941.